The highest BCUT2D eigenvalue weighted by molar-refractivity contribution is 7.88. The van der Waals surface area contributed by atoms with Crippen molar-refractivity contribution in [3.63, 3.8) is 0 Å². The first kappa shape index (κ1) is 14.1. The quantitative estimate of drug-likeness (QED) is 0.705. The number of carbonyl (C=O) groups is 1. The summed E-state index contributed by atoms with van der Waals surface area (Å²) in [4.78, 5) is 11.4. The molecule has 0 radical (unpaired) electrons. The van der Waals surface area contributed by atoms with Crippen molar-refractivity contribution in [3.05, 3.63) is 22.4 Å². The van der Waals surface area contributed by atoms with Crippen LogP contribution >= 0.6 is 11.3 Å². The zero-order chi connectivity index (χ0) is 12.7. The van der Waals surface area contributed by atoms with Crippen LogP contribution in [0.1, 0.15) is 12.0 Å². The Kier molecular flexibility index (Phi) is 5.60. The molecule has 0 aliphatic heterocycles. The van der Waals surface area contributed by atoms with E-state index in [-0.39, 0.29) is 12.5 Å². The van der Waals surface area contributed by atoms with Gasteiger partial charge in [0.05, 0.1) is 6.26 Å². The fraction of sp³-hybridized carbons (Fsp3) is 0.500. The molecule has 0 unspecified atom stereocenters. The molecule has 17 heavy (non-hydrogen) atoms. The highest BCUT2D eigenvalue weighted by Gasteiger charge is 2.03. The first-order chi connectivity index (χ1) is 7.97. The van der Waals surface area contributed by atoms with Gasteiger partial charge in [0, 0.05) is 19.5 Å². The molecule has 0 fully saturated rings. The van der Waals surface area contributed by atoms with E-state index in [2.05, 4.69) is 10.0 Å². The topological polar surface area (TPSA) is 75.3 Å². The van der Waals surface area contributed by atoms with Gasteiger partial charge in [-0.15, -0.1) is 0 Å². The minimum atomic E-state index is -3.17. The zero-order valence-corrected chi connectivity index (χ0v) is 11.2. The molecule has 0 bridgehead atoms. The molecule has 0 spiro atoms. The normalized spacial score (nSPS) is 11.4. The van der Waals surface area contributed by atoms with Gasteiger partial charge in [-0.1, -0.05) is 0 Å². The zero-order valence-electron chi connectivity index (χ0n) is 9.60. The second kappa shape index (κ2) is 6.73. The Morgan fingerprint density at radius 3 is 2.76 bits per heavy atom. The van der Waals surface area contributed by atoms with Gasteiger partial charge in [0.25, 0.3) is 0 Å². The Bertz CT molecular complexity index is 440. The first-order valence-corrected chi connectivity index (χ1v) is 8.03. The summed E-state index contributed by atoms with van der Waals surface area (Å²) in [5, 5.41) is 6.64. The fourth-order valence-electron chi connectivity index (χ4n) is 1.22. The maximum atomic E-state index is 11.4. The van der Waals surface area contributed by atoms with Crippen LogP contribution in [0.15, 0.2) is 16.8 Å². The third-order valence-corrected chi connectivity index (χ3v) is 3.49. The molecule has 1 rings (SSSR count). The van der Waals surface area contributed by atoms with E-state index in [1.807, 2.05) is 16.8 Å². The van der Waals surface area contributed by atoms with E-state index in [9.17, 15) is 13.2 Å². The van der Waals surface area contributed by atoms with Crippen LogP contribution in [-0.2, 0) is 21.2 Å². The number of hydrogen-bond donors (Lipinski definition) is 2. The molecule has 0 aromatic carbocycles. The largest absolute Gasteiger partial charge is 0.355 e. The predicted octanol–water partition coefficient (Wildman–Crippen LogP) is 0.346. The summed E-state index contributed by atoms with van der Waals surface area (Å²) in [6.07, 6.45) is 2.23. The highest BCUT2D eigenvalue weighted by atomic mass is 32.2. The standard InChI is InChI=1S/C10H16N2O3S2/c1-17(14,15)12-6-5-11-10(13)3-2-9-4-7-16-8-9/h4,7-8,12H,2-3,5-6H2,1H3,(H,11,13). The molecule has 1 heterocycles. The monoisotopic (exact) mass is 276 g/mol. The summed E-state index contributed by atoms with van der Waals surface area (Å²) in [6, 6.07) is 1.99. The van der Waals surface area contributed by atoms with Crippen LogP contribution in [0.2, 0.25) is 0 Å². The molecule has 0 aliphatic rings. The summed E-state index contributed by atoms with van der Waals surface area (Å²) in [5.74, 6) is -0.0634. The molecule has 0 atom stereocenters. The van der Waals surface area contributed by atoms with Crippen molar-refractivity contribution >= 4 is 27.3 Å². The number of nitrogens with one attached hydrogen (secondary N) is 2. The number of aryl methyl sites for hydroxylation is 1. The molecule has 7 heteroatoms. The van der Waals surface area contributed by atoms with Crippen molar-refractivity contribution in [2.24, 2.45) is 0 Å². The SMILES string of the molecule is CS(=O)(=O)NCCNC(=O)CCc1ccsc1. The lowest BCUT2D eigenvalue weighted by atomic mass is 10.2. The van der Waals surface area contributed by atoms with E-state index in [4.69, 9.17) is 0 Å². The lowest BCUT2D eigenvalue weighted by Crippen LogP contribution is -2.34. The summed E-state index contributed by atoms with van der Waals surface area (Å²) in [7, 11) is -3.17. The average molecular weight is 276 g/mol. The second-order valence-corrected chi connectivity index (χ2v) is 6.26. The minimum Gasteiger partial charge on any atom is -0.355 e. The van der Waals surface area contributed by atoms with Gasteiger partial charge >= 0.3 is 0 Å². The Morgan fingerprint density at radius 2 is 2.18 bits per heavy atom. The number of amides is 1. The Hall–Kier alpha value is -0.920. The van der Waals surface area contributed by atoms with E-state index < -0.39 is 10.0 Å². The van der Waals surface area contributed by atoms with E-state index in [1.54, 1.807) is 11.3 Å². The van der Waals surface area contributed by atoms with E-state index in [0.29, 0.717) is 13.0 Å². The van der Waals surface area contributed by atoms with E-state index in [1.165, 1.54) is 0 Å². The van der Waals surface area contributed by atoms with Gasteiger partial charge in [0.1, 0.15) is 0 Å². The summed E-state index contributed by atoms with van der Waals surface area (Å²) in [6.45, 7) is 0.540. The molecule has 2 N–H and O–H groups in total. The van der Waals surface area contributed by atoms with Crippen molar-refractivity contribution < 1.29 is 13.2 Å². The molecule has 1 aromatic heterocycles. The molecular formula is C10H16N2O3S2. The molecule has 5 nitrogen and oxygen atoms in total. The summed E-state index contributed by atoms with van der Waals surface area (Å²) in [5.41, 5.74) is 1.15. The molecule has 96 valence electrons. The molecule has 0 saturated carbocycles. The lowest BCUT2D eigenvalue weighted by molar-refractivity contribution is -0.121. The van der Waals surface area contributed by atoms with E-state index in [0.717, 1.165) is 18.2 Å². The van der Waals surface area contributed by atoms with E-state index >= 15 is 0 Å². The number of carbonyl (C=O) groups excluding carboxylic acids is 1. The van der Waals surface area contributed by atoms with Gasteiger partial charge in [-0.2, -0.15) is 11.3 Å². The van der Waals surface area contributed by atoms with Gasteiger partial charge in [-0.25, -0.2) is 13.1 Å². The van der Waals surface area contributed by atoms with Gasteiger partial charge in [-0.3, -0.25) is 4.79 Å². The Balaban J connectivity index is 2.09. The van der Waals surface area contributed by atoms with Crippen molar-refractivity contribution in [1.82, 2.24) is 10.0 Å². The second-order valence-electron chi connectivity index (χ2n) is 3.65. The molecule has 0 saturated heterocycles. The average Bonchev–Trinajstić information content (AvgIpc) is 2.73. The van der Waals surface area contributed by atoms with Crippen LogP contribution in [0.4, 0.5) is 0 Å². The van der Waals surface area contributed by atoms with Crippen LogP contribution in [-0.4, -0.2) is 33.7 Å². The number of hydrogen-bond acceptors (Lipinski definition) is 4. The predicted molar refractivity (Wildman–Crippen MR) is 68.5 cm³/mol. The van der Waals surface area contributed by atoms with Gasteiger partial charge in [0.2, 0.25) is 15.9 Å². The number of thiophene rings is 1. The molecule has 0 aliphatic carbocycles. The van der Waals surface area contributed by atoms with Crippen LogP contribution in [0, 0.1) is 0 Å². The Morgan fingerprint density at radius 1 is 1.41 bits per heavy atom. The Labute approximate surface area is 105 Å². The third kappa shape index (κ3) is 7.09. The molecular weight excluding hydrogens is 260 g/mol. The molecule has 1 amide bonds. The summed E-state index contributed by atoms with van der Waals surface area (Å²) < 4.78 is 23.8. The minimum absolute atomic E-state index is 0.0634. The number of sulfonamides is 1. The van der Waals surface area contributed by atoms with Gasteiger partial charge in [-0.05, 0) is 28.8 Å². The summed E-state index contributed by atoms with van der Waals surface area (Å²) >= 11 is 1.61. The number of rotatable bonds is 7. The first-order valence-electron chi connectivity index (χ1n) is 5.20. The van der Waals surface area contributed by atoms with Crippen molar-refractivity contribution in [3.8, 4) is 0 Å². The van der Waals surface area contributed by atoms with Crippen LogP contribution in [0.3, 0.4) is 0 Å². The van der Waals surface area contributed by atoms with Crippen LogP contribution < -0.4 is 10.0 Å². The smallest absolute Gasteiger partial charge is 0.220 e. The fourth-order valence-corrected chi connectivity index (χ4v) is 2.40. The molecule has 1 aromatic rings. The van der Waals surface area contributed by atoms with Crippen molar-refractivity contribution in [2.45, 2.75) is 12.8 Å². The highest BCUT2D eigenvalue weighted by Crippen LogP contribution is 2.07. The van der Waals surface area contributed by atoms with Gasteiger partial charge < -0.3 is 5.32 Å². The maximum Gasteiger partial charge on any atom is 0.220 e. The van der Waals surface area contributed by atoms with Crippen molar-refractivity contribution in [2.75, 3.05) is 19.3 Å². The van der Waals surface area contributed by atoms with Crippen LogP contribution in [0.25, 0.3) is 0 Å². The van der Waals surface area contributed by atoms with Gasteiger partial charge in [0.15, 0.2) is 0 Å². The van der Waals surface area contributed by atoms with Crippen LogP contribution in [0.5, 0.6) is 0 Å². The third-order valence-electron chi connectivity index (χ3n) is 2.03. The lowest BCUT2D eigenvalue weighted by Gasteiger charge is -2.05. The maximum absolute atomic E-state index is 11.4. The van der Waals surface area contributed by atoms with Crippen molar-refractivity contribution in [1.29, 1.82) is 0 Å².